The molecule has 0 saturated carbocycles. The average Bonchev–Trinajstić information content (AvgIpc) is 2.86. The third-order valence-electron chi connectivity index (χ3n) is 6.20. The van der Waals surface area contributed by atoms with E-state index in [0.29, 0.717) is 12.0 Å². The maximum atomic E-state index is 13.8. The Balaban J connectivity index is 3.32. The van der Waals surface area contributed by atoms with Gasteiger partial charge in [0.1, 0.15) is 23.4 Å². The fourth-order valence-electron chi connectivity index (χ4n) is 4.19. The summed E-state index contributed by atoms with van der Waals surface area (Å²) in [5.74, 6) is -1.59. The minimum Gasteiger partial charge on any atom is -0.507 e. The van der Waals surface area contributed by atoms with Gasteiger partial charge in [-0.3, -0.25) is 14.4 Å². The van der Waals surface area contributed by atoms with Crippen LogP contribution in [0, 0.1) is 6.92 Å². The van der Waals surface area contributed by atoms with Crippen molar-refractivity contribution in [1.82, 2.24) is 15.5 Å². The van der Waals surface area contributed by atoms with Gasteiger partial charge in [-0.15, -0.1) is 0 Å². The van der Waals surface area contributed by atoms with Crippen LogP contribution in [0.2, 0.25) is 0 Å². The molecule has 1 aromatic carbocycles. The summed E-state index contributed by atoms with van der Waals surface area (Å²) in [6, 6.07) is 2.83. The van der Waals surface area contributed by atoms with Crippen molar-refractivity contribution in [3.8, 4) is 5.75 Å². The van der Waals surface area contributed by atoms with Gasteiger partial charge in [-0.1, -0.05) is 57.2 Å². The number of aryl methyl sites for hydroxylation is 1. The number of amides is 3. The van der Waals surface area contributed by atoms with Crippen molar-refractivity contribution < 1.29 is 33.8 Å². The zero-order valence-corrected chi connectivity index (χ0v) is 25.3. The van der Waals surface area contributed by atoms with Crippen molar-refractivity contribution in [2.24, 2.45) is 0 Å². The first-order chi connectivity index (χ1) is 18.8. The Morgan fingerprint density at radius 1 is 1.02 bits per heavy atom. The number of rotatable bonds is 16. The molecule has 3 amide bonds. The number of hydrogen-bond acceptors (Lipinski definition) is 7. The highest BCUT2D eigenvalue weighted by molar-refractivity contribution is 5.92. The number of hydrogen-bond donors (Lipinski definition) is 3. The molecule has 0 heterocycles. The third-order valence-corrected chi connectivity index (χ3v) is 6.20. The number of para-hydroxylation sites is 1. The van der Waals surface area contributed by atoms with Crippen LogP contribution in [0.3, 0.4) is 0 Å². The van der Waals surface area contributed by atoms with Crippen LogP contribution >= 0.6 is 0 Å². The van der Waals surface area contributed by atoms with Crippen LogP contribution in [0.25, 0.3) is 0 Å². The number of aromatic hydroxyl groups is 1. The normalized spacial score (nSPS) is 12.7. The van der Waals surface area contributed by atoms with Gasteiger partial charge in [0.2, 0.25) is 11.8 Å². The molecule has 2 atom stereocenters. The van der Waals surface area contributed by atoms with Crippen molar-refractivity contribution >= 4 is 23.9 Å². The van der Waals surface area contributed by atoms with E-state index in [1.165, 1.54) is 11.8 Å². The van der Waals surface area contributed by atoms with Gasteiger partial charge in [0.25, 0.3) is 0 Å². The van der Waals surface area contributed by atoms with E-state index in [0.717, 1.165) is 32.1 Å². The molecule has 10 heteroatoms. The van der Waals surface area contributed by atoms with Crippen molar-refractivity contribution in [2.45, 2.75) is 111 Å². The monoisotopic (exact) mass is 563 g/mol. The second-order valence-corrected chi connectivity index (χ2v) is 10.9. The zero-order chi connectivity index (χ0) is 30.3. The molecule has 0 aliphatic rings. The lowest BCUT2D eigenvalue weighted by molar-refractivity contribution is -0.144. The zero-order valence-electron chi connectivity index (χ0n) is 25.3. The molecule has 1 aromatic rings. The number of phenols is 1. The molecule has 1 rings (SSSR count). The van der Waals surface area contributed by atoms with Crippen LogP contribution in [0.4, 0.5) is 4.79 Å². The molecule has 2 unspecified atom stereocenters. The van der Waals surface area contributed by atoms with E-state index in [9.17, 15) is 24.3 Å². The van der Waals surface area contributed by atoms with Gasteiger partial charge < -0.3 is 30.1 Å². The third kappa shape index (κ3) is 12.3. The minimum atomic E-state index is -1.19. The Morgan fingerprint density at radius 3 is 2.30 bits per heavy atom. The van der Waals surface area contributed by atoms with Gasteiger partial charge in [0, 0.05) is 18.7 Å². The highest BCUT2D eigenvalue weighted by Gasteiger charge is 2.36. The molecule has 0 fully saturated rings. The number of phenolic OH excluding ortho intramolecular Hbond substituents is 1. The van der Waals surface area contributed by atoms with Gasteiger partial charge >= 0.3 is 12.1 Å². The Labute approximate surface area is 239 Å². The summed E-state index contributed by atoms with van der Waals surface area (Å²) < 4.78 is 10.3. The second kappa shape index (κ2) is 17.4. The van der Waals surface area contributed by atoms with Crippen LogP contribution in [0.1, 0.15) is 104 Å². The Kier molecular flexibility index (Phi) is 15.1. The number of alkyl carbamates (subject to hydrolysis) is 1. The minimum absolute atomic E-state index is 0.00546. The number of benzene rings is 1. The summed E-state index contributed by atoms with van der Waals surface area (Å²) in [5.41, 5.74) is 0.0610. The quantitative estimate of drug-likeness (QED) is 0.192. The molecular formula is C30H49N3O7. The lowest BCUT2D eigenvalue weighted by Crippen LogP contribution is -2.52. The van der Waals surface area contributed by atoms with Crippen molar-refractivity contribution in [3.05, 3.63) is 29.3 Å². The predicted molar refractivity (Wildman–Crippen MR) is 154 cm³/mol. The second-order valence-electron chi connectivity index (χ2n) is 10.9. The lowest BCUT2D eigenvalue weighted by atomic mass is 9.98. The first-order valence-electron chi connectivity index (χ1n) is 14.3. The van der Waals surface area contributed by atoms with Crippen LogP contribution in [0.15, 0.2) is 18.2 Å². The lowest BCUT2D eigenvalue weighted by Gasteiger charge is -2.34. The van der Waals surface area contributed by atoms with E-state index in [1.54, 1.807) is 52.8 Å². The molecule has 0 aliphatic heterocycles. The standard InChI is InChI=1S/C30H49N3O7/c1-8-10-11-12-13-14-20-33(28(37)22(4)32-29(38)40-30(5,6)7)25(23-17-15-16-21(3)26(23)35)27(36)31-19-18-24(34)39-9-2/h15-17,22,25,35H,8-14,18-20H2,1-7H3,(H,31,36)(H,32,38). The number of unbranched alkanes of at least 4 members (excludes halogenated alkanes) is 5. The molecule has 0 saturated heterocycles. The molecular weight excluding hydrogens is 514 g/mol. The van der Waals surface area contributed by atoms with Gasteiger partial charge in [-0.25, -0.2) is 4.79 Å². The van der Waals surface area contributed by atoms with E-state index >= 15 is 0 Å². The van der Waals surface area contributed by atoms with Crippen LogP contribution in [0.5, 0.6) is 5.75 Å². The van der Waals surface area contributed by atoms with E-state index in [-0.39, 0.29) is 37.4 Å². The molecule has 0 bridgehead atoms. The highest BCUT2D eigenvalue weighted by atomic mass is 16.6. The summed E-state index contributed by atoms with van der Waals surface area (Å²) in [5, 5.41) is 16.2. The van der Waals surface area contributed by atoms with Gasteiger partial charge in [0.05, 0.1) is 13.0 Å². The smallest absolute Gasteiger partial charge is 0.408 e. The molecule has 226 valence electrons. The largest absolute Gasteiger partial charge is 0.507 e. The predicted octanol–water partition coefficient (Wildman–Crippen LogP) is 4.91. The van der Waals surface area contributed by atoms with E-state index in [1.807, 2.05) is 0 Å². The van der Waals surface area contributed by atoms with Crippen molar-refractivity contribution in [1.29, 1.82) is 0 Å². The molecule has 0 aliphatic carbocycles. The molecule has 40 heavy (non-hydrogen) atoms. The Hall–Kier alpha value is -3.30. The molecule has 3 N–H and O–H groups in total. The van der Waals surface area contributed by atoms with Crippen LogP contribution < -0.4 is 10.6 Å². The summed E-state index contributed by atoms with van der Waals surface area (Å²) in [6.45, 7) is 12.7. The fraction of sp³-hybridized carbons (Fsp3) is 0.667. The van der Waals surface area contributed by atoms with E-state index in [2.05, 4.69) is 17.6 Å². The average molecular weight is 564 g/mol. The Bertz CT molecular complexity index is 975. The highest BCUT2D eigenvalue weighted by Crippen LogP contribution is 2.32. The van der Waals surface area contributed by atoms with E-state index < -0.39 is 41.6 Å². The van der Waals surface area contributed by atoms with Gasteiger partial charge in [-0.2, -0.15) is 0 Å². The fourth-order valence-corrected chi connectivity index (χ4v) is 4.19. The number of nitrogens with one attached hydrogen (secondary N) is 2. The first kappa shape index (κ1) is 34.7. The summed E-state index contributed by atoms with van der Waals surface area (Å²) >= 11 is 0. The SMILES string of the molecule is CCCCCCCCN(C(=O)C(C)NC(=O)OC(C)(C)C)C(C(=O)NCCC(=O)OCC)c1cccc(C)c1O. The van der Waals surface area contributed by atoms with E-state index in [4.69, 9.17) is 9.47 Å². The van der Waals surface area contributed by atoms with Crippen LogP contribution in [-0.2, 0) is 23.9 Å². The van der Waals surface area contributed by atoms with Crippen LogP contribution in [-0.4, -0.2) is 65.2 Å². The maximum absolute atomic E-state index is 13.8. The Morgan fingerprint density at radius 2 is 1.68 bits per heavy atom. The summed E-state index contributed by atoms with van der Waals surface area (Å²) in [7, 11) is 0. The van der Waals surface area contributed by atoms with Crippen molar-refractivity contribution in [2.75, 3.05) is 19.7 Å². The molecule has 0 spiro atoms. The van der Waals surface area contributed by atoms with Gasteiger partial charge in [-0.05, 0) is 53.5 Å². The maximum Gasteiger partial charge on any atom is 0.408 e. The summed E-state index contributed by atoms with van der Waals surface area (Å²) in [4.78, 5) is 53.1. The number of carbonyl (C=O) groups is 4. The van der Waals surface area contributed by atoms with Gasteiger partial charge in [0.15, 0.2) is 0 Å². The number of esters is 1. The van der Waals surface area contributed by atoms with Crippen molar-refractivity contribution in [3.63, 3.8) is 0 Å². The number of carbonyl (C=O) groups excluding carboxylic acids is 4. The molecule has 0 aromatic heterocycles. The molecule has 10 nitrogen and oxygen atoms in total. The summed E-state index contributed by atoms with van der Waals surface area (Å²) in [6.07, 6.45) is 5.02. The number of nitrogens with zero attached hydrogens (tertiary/aromatic N) is 1. The number of ether oxygens (including phenoxy) is 2. The molecule has 0 radical (unpaired) electrons. The first-order valence-corrected chi connectivity index (χ1v) is 14.3. The topological polar surface area (TPSA) is 134 Å².